The number of aromatic nitrogens is 2. The van der Waals surface area contributed by atoms with Crippen molar-refractivity contribution in [3.05, 3.63) is 60.0 Å². The maximum atomic E-state index is 12.6. The highest BCUT2D eigenvalue weighted by Crippen LogP contribution is 2.21. The van der Waals surface area contributed by atoms with Crippen molar-refractivity contribution in [3.63, 3.8) is 0 Å². The van der Waals surface area contributed by atoms with Crippen LogP contribution in [0.1, 0.15) is 18.4 Å². The minimum Gasteiger partial charge on any atom is -0.497 e. The first kappa shape index (κ1) is 19.4. The number of hydrogen-bond acceptors (Lipinski definition) is 6. The number of rotatable bonds is 7. The zero-order valence-corrected chi connectivity index (χ0v) is 16.4. The molecule has 1 heterocycles. The van der Waals surface area contributed by atoms with Crippen molar-refractivity contribution >= 4 is 5.91 Å². The third-order valence-corrected chi connectivity index (χ3v) is 4.19. The second kappa shape index (κ2) is 8.56. The van der Waals surface area contributed by atoms with E-state index in [2.05, 4.69) is 10.1 Å². The first-order valence-corrected chi connectivity index (χ1v) is 8.91. The third-order valence-electron chi connectivity index (χ3n) is 4.19. The lowest BCUT2D eigenvalue weighted by molar-refractivity contribution is -0.137. The van der Waals surface area contributed by atoms with E-state index in [-0.39, 0.29) is 12.5 Å². The van der Waals surface area contributed by atoms with E-state index < -0.39 is 6.10 Å². The van der Waals surface area contributed by atoms with Gasteiger partial charge in [-0.15, -0.1) is 0 Å². The first-order chi connectivity index (χ1) is 13.5. The molecule has 0 bridgehead atoms. The molecule has 1 amide bonds. The summed E-state index contributed by atoms with van der Waals surface area (Å²) in [5.74, 6) is 1.98. The molecule has 3 aromatic rings. The van der Waals surface area contributed by atoms with Gasteiger partial charge in [0.25, 0.3) is 5.91 Å². The van der Waals surface area contributed by atoms with E-state index in [1.165, 1.54) is 4.90 Å². The molecule has 146 valence electrons. The van der Waals surface area contributed by atoms with E-state index in [9.17, 15) is 4.79 Å². The van der Waals surface area contributed by atoms with E-state index >= 15 is 0 Å². The Morgan fingerprint density at radius 2 is 1.93 bits per heavy atom. The molecule has 7 heteroatoms. The Kier molecular flexibility index (Phi) is 5.93. The summed E-state index contributed by atoms with van der Waals surface area (Å²) in [6, 6.07) is 15.0. The van der Waals surface area contributed by atoms with E-state index in [0.29, 0.717) is 23.2 Å². The molecule has 28 heavy (non-hydrogen) atoms. The predicted molar refractivity (Wildman–Crippen MR) is 104 cm³/mol. The van der Waals surface area contributed by atoms with Crippen molar-refractivity contribution in [2.75, 3.05) is 14.2 Å². The number of amides is 1. The van der Waals surface area contributed by atoms with Crippen molar-refractivity contribution in [2.45, 2.75) is 26.5 Å². The Hall–Kier alpha value is -3.35. The molecular weight excluding hydrogens is 358 g/mol. The van der Waals surface area contributed by atoms with Crippen LogP contribution in [-0.4, -0.2) is 41.2 Å². The van der Waals surface area contributed by atoms with Gasteiger partial charge in [-0.2, -0.15) is 4.98 Å². The average Bonchev–Trinajstić information content (AvgIpc) is 3.16. The first-order valence-electron chi connectivity index (χ1n) is 8.91. The largest absolute Gasteiger partial charge is 0.497 e. The topological polar surface area (TPSA) is 77.7 Å². The number of nitrogens with zero attached hydrogens (tertiary/aromatic N) is 3. The van der Waals surface area contributed by atoms with Crippen molar-refractivity contribution in [1.29, 1.82) is 0 Å². The number of hydrogen-bond donors (Lipinski definition) is 0. The van der Waals surface area contributed by atoms with Crippen molar-refractivity contribution in [2.24, 2.45) is 0 Å². The maximum Gasteiger partial charge on any atom is 0.263 e. The quantitative estimate of drug-likeness (QED) is 0.624. The van der Waals surface area contributed by atoms with Gasteiger partial charge in [0.2, 0.25) is 11.7 Å². The molecule has 0 spiro atoms. The van der Waals surface area contributed by atoms with Crippen LogP contribution in [0.3, 0.4) is 0 Å². The number of likely N-dealkylation sites (N-methyl/N-ethyl adjacent to an activating group) is 1. The summed E-state index contributed by atoms with van der Waals surface area (Å²) < 4.78 is 16.2. The molecule has 0 aliphatic carbocycles. The summed E-state index contributed by atoms with van der Waals surface area (Å²) in [5.41, 5.74) is 1.85. The normalized spacial score (nSPS) is 11.7. The number of methoxy groups -OCH3 is 1. The highest BCUT2D eigenvalue weighted by atomic mass is 16.5. The van der Waals surface area contributed by atoms with Crippen LogP contribution in [-0.2, 0) is 11.3 Å². The van der Waals surface area contributed by atoms with Gasteiger partial charge in [-0.25, -0.2) is 0 Å². The number of benzene rings is 2. The number of carbonyl (C=O) groups excluding carboxylic acids is 1. The highest BCUT2D eigenvalue weighted by molar-refractivity contribution is 5.80. The van der Waals surface area contributed by atoms with Crippen LogP contribution in [0.25, 0.3) is 11.4 Å². The van der Waals surface area contributed by atoms with Crippen LogP contribution in [0, 0.1) is 6.92 Å². The second-order valence-corrected chi connectivity index (χ2v) is 6.51. The van der Waals surface area contributed by atoms with Crippen LogP contribution in [0.4, 0.5) is 0 Å². The fourth-order valence-electron chi connectivity index (χ4n) is 2.73. The predicted octanol–water partition coefficient (Wildman–Crippen LogP) is 3.48. The fraction of sp³-hybridized carbons (Fsp3) is 0.286. The van der Waals surface area contributed by atoms with Crippen molar-refractivity contribution in [3.8, 4) is 22.9 Å². The summed E-state index contributed by atoms with van der Waals surface area (Å²) in [6.45, 7) is 3.88. The second-order valence-electron chi connectivity index (χ2n) is 6.51. The Morgan fingerprint density at radius 1 is 1.18 bits per heavy atom. The van der Waals surface area contributed by atoms with Crippen molar-refractivity contribution in [1.82, 2.24) is 15.0 Å². The molecule has 0 aliphatic heterocycles. The van der Waals surface area contributed by atoms with E-state index in [1.807, 2.05) is 55.5 Å². The minimum absolute atomic E-state index is 0.178. The highest BCUT2D eigenvalue weighted by Gasteiger charge is 2.21. The molecule has 0 radical (unpaired) electrons. The Labute approximate surface area is 163 Å². The lowest BCUT2D eigenvalue weighted by Gasteiger charge is -2.20. The third kappa shape index (κ3) is 4.68. The van der Waals surface area contributed by atoms with Gasteiger partial charge >= 0.3 is 0 Å². The van der Waals surface area contributed by atoms with E-state index in [0.717, 1.165) is 11.1 Å². The summed E-state index contributed by atoms with van der Waals surface area (Å²) in [5, 5.41) is 3.99. The molecule has 2 aromatic carbocycles. The monoisotopic (exact) mass is 381 g/mol. The van der Waals surface area contributed by atoms with Crippen LogP contribution >= 0.6 is 0 Å². The molecule has 0 N–H and O–H groups in total. The van der Waals surface area contributed by atoms with Crippen LogP contribution in [0.15, 0.2) is 53.1 Å². The number of ether oxygens (including phenoxy) is 2. The number of carbonyl (C=O) groups is 1. The van der Waals surface area contributed by atoms with E-state index in [4.69, 9.17) is 14.0 Å². The molecule has 0 aliphatic rings. The number of aryl methyl sites for hydroxylation is 1. The molecule has 1 unspecified atom stereocenters. The average molecular weight is 381 g/mol. The van der Waals surface area contributed by atoms with Crippen LogP contribution in [0.2, 0.25) is 0 Å². The van der Waals surface area contributed by atoms with Gasteiger partial charge in [0.1, 0.15) is 11.5 Å². The lowest BCUT2D eigenvalue weighted by Crippen LogP contribution is -2.37. The summed E-state index contributed by atoms with van der Waals surface area (Å²) in [4.78, 5) is 18.5. The summed E-state index contributed by atoms with van der Waals surface area (Å²) in [6.07, 6.45) is -0.632. The summed E-state index contributed by atoms with van der Waals surface area (Å²) >= 11 is 0. The molecule has 7 nitrogen and oxygen atoms in total. The van der Waals surface area contributed by atoms with Crippen molar-refractivity contribution < 1.29 is 18.8 Å². The van der Waals surface area contributed by atoms with Crippen LogP contribution in [0.5, 0.6) is 11.5 Å². The van der Waals surface area contributed by atoms with Gasteiger partial charge < -0.3 is 18.9 Å². The van der Waals surface area contributed by atoms with Gasteiger partial charge in [0.05, 0.1) is 13.7 Å². The minimum atomic E-state index is -0.632. The fourth-order valence-corrected chi connectivity index (χ4v) is 2.73. The van der Waals surface area contributed by atoms with Gasteiger partial charge in [0, 0.05) is 12.6 Å². The van der Waals surface area contributed by atoms with Gasteiger partial charge in [0.15, 0.2) is 6.10 Å². The molecule has 1 aromatic heterocycles. The van der Waals surface area contributed by atoms with Gasteiger partial charge in [-0.3, -0.25) is 4.79 Å². The van der Waals surface area contributed by atoms with Gasteiger partial charge in [-0.05, 0) is 43.7 Å². The smallest absolute Gasteiger partial charge is 0.263 e. The molecular formula is C21H23N3O4. The van der Waals surface area contributed by atoms with Crippen LogP contribution < -0.4 is 9.47 Å². The molecule has 1 atom stereocenters. The molecule has 0 saturated heterocycles. The lowest BCUT2D eigenvalue weighted by atomic mass is 10.2. The molecule has 0 saturated carbocycles. The SMILES string of the molecule is COc1cccc(-c2noc(CN(C)C(=O)C(C)Oc3cccc(C)c3)n2)c1. The standard InChI is InChI=1S/C21H23N3O4/c1-14-7-5-10-18(11-14)27-15(2)21(25)24(3)13-19-22-20(23-28-19)16-8-6-9-17(12-16)26-4/h5-12,15H,13H2,1-4H3. The Balaban J connectivity index is 1.63. The summed E-state index contributed by atoms with van der Waals surface area (Å²) in [7, 11) is 3.27. The van der Waals surface area contributed by atoms with Gasteiger partial charge in [-0.1, -0.05) is 29.4 Å². The zero-order valence-electron chi connectivity index (χ0n) is 16.4. The zero-order chi connectivity index (χ0) is 20.1. The molecule has 3 rings (SSSR count). The Bertz CT molecular complexity index is 954. The Morgan fingerprint density at radius 3 is 2.68 bits per heavy atom. The maximum absolute atomic E-state index is 12.6. The van der Waals surface area contributed by atoms with E-state index in [1.54, 1.807) is 21.1 Å². The molecule has 0 fully saturated rings.